The summed E-state index contributed by atoms with van der Waals surface area (Å²) in [5.41, 5.74) is 1.77. The van der Waals surface area contributed by atoms with E-state index in [-0.39, 0.29) is 10.8 Å². The van der Waals surface area contributed by atoms with Crippen molar-refractivity contribution in [3.8, 4) is 5.75 Å². The number of rotatable bonds is 7. The van der Waals surface area contributed by atoms with Gasteiger partial charge < -0.3 is 10.1 Å². The summed E-state index contributed by atoms with van der Waals surface area (Å²) in [5.74, 6) is 0.511. The maximum atomic E-state index is 12.3. The van der Waals surface area contributed by atoms with E-state index in [0.29, 0.717) is 17.8 Å². The summed E-state index contributed by atoms with van der Waals surface area (Å²) in [4.78, 5) is 12.5. The fourth-order valence-electron chi connectivity index (χ4n) is 2.53. The highest BCUT2D eigenvalue weighted by atomic mass is 32.2. The van der Waals surface area contributed by atoms with Crippen molar-refractivity contribution < 1.29 is 17.9 Å². The molecule has 3 aromatic rings. The van der Waals surface area contributed by atoms with Gasteiger partial charge in [0.05, 0.1) is 12.0 Å². The van der Waals surface area contributed by atoms with E-state index in [1.165, 1.54) is 12.1 Å². The number of carbonyl (C=O) groups excluding carboxylic acids is 1. The Morgan fingerprint density at radius 3 is 2.14 bits per heavy atom. The predicted molar refractivity (Wildman–Crippen MR) is 108 cm³/mol. The van der Waals surface area contributed by atoms with E-state index in [0.717, 1.165) is 11.3 Å². The molecule has 0 aliphatic rings. The van der Waals surface area contributed by atoms with Gasteiger partial charge in [-0.1, -0.05) is 30.3 Å². The number of ether oxygens (including phenoxy) is 1. The number of sulfonamides is 1. The fourth-order valence-corrected chi connectivity index (χ4v) is 3.61. The van der Waals surface area contributed by atoms with Crippen LogP contribution < -0.4 is 14.8 Å². The van der Waals surface area contributed by atoms with Crippen LogP contribution in [-0.2, 0) is 16.6 Å². The highest BCUT2D eigenvalue weighted by Crippen LogP contribution is 2.17. The van der Waals surface area contributed by atoms with E-state index < -0.39 is 10.0 Å². The maximum absolute atomic E-state index is 12.3. The number of methoxy groups -OCH3 is 1. The molecule has 2 N–H and O–H groups in total. The Morgan fingerprint density at radius 1 is 0.893 bits per heavy atom. The first-order valence-corrected chi connectivity index (χ1v) is 10.1. The average Bonchev–Trinajstić information content (AvgIpc) is 2.73. The second-order valence-corrected chi connectivity index (χ2v) is 7.71. The molecule has 0 bridgehead atoms. The second kappa shape index (κ2) is 8.58. The highest BCUT2D eigenvalue weighted by molar-refractivity contribution is 7.92. The van der Waals surface area contributed by atoms with Crippen molar-refractivity contribution in [3.63, 3.8) is 0 Å². The molecule has 0 unspecified atom stereocenters. The van der Waals surface area contributed by atoms with Crippen LogP contribution in [0.1, 0.15) is 15.9 Å². The van der Waals surface area contributed by atoms with Crippen LogP contribution in [0, 0.1) is 0 Å². The molecular formula is C21H20N2O4S. The lowest BCUT2D eigenvalue weighted by Gasteiger charge is -2.09. The first kappa shape index (κ1) is 19.4. The molecule has 0 saturated carbocycles. The van der Waals surface area contributed by atoms with E-state index in [1.807, 2.05) is 24.3 Å². The molecule has 28 heavy (non-hydrogen) atoms. The molecule has 3 rings (SSSR count). The molecule has 0 fully saturated rings. The van der Waals surface area contributed by atoms with Crippen molar-refractivity contribution in [2.45, 2.75) is 11.4 Å². The number of amides is 1. The number of hydrogen-bond acceptors (Lipinski definition) is 4. The molecule has 144 valence electrons. The monoisotopic (exact) mass is 396 g/mol. The third-order valence-corrected chi connectivity index (χ3v) is 5.46. The van der Waals surface area contributed by atoms with E-state index in [9.17, 15) is 13.2 Å². The Hall–Kier alpha value is -3.32. The van der Waals surface area contributed by atoms with Crippen LogP contribution in [-0.4, -0.2) is 21.4 Å². The number of anilines is 1. The van der Waals surface area contributed by atoms with Crippen LogP contribution in [0.15, 0.2) is 83.8 Å². The van der Waals surface area contributed by atoms with Crippen molar-refractivity contribution in [2.24, 2.45) is 0 Å². The third-order valence-electron chi connectivity index (χ3n) is 4.06. The van der Waals surface area contributed by atoms with Gasteiger partial charge in [-0.05, 0) is 54.1 Å². The molecular weight excluding hydrogens is 376 g/mol. The topological polar surface area (TPSA) is 84.5 Å². The first-order valence-electron chi connectivity index (χ1n) is 8.57. The standard InChI is InChI=1S/C21H20N2O4S/c1-27-19-13-7-16(8-14-19)15-22-21(24)17-9-11-18(12-10-17)23-28(25,26)20-5-3-2-4-6-20/h2-14,23H,15H2,1H3,(H,22,24). The number of nitrogens with one attached hydrogen (secondary N) is 2. The molecule has 0 aliphatic heterocycles. The Balaban J connectivity index is 1.61. The zero-order valence-corrected chi connectivity index (χ0v) is 16.1. The van der Waals surface area contributed by atoms with Crippen molar-refractivity contribution in [1.29, 1.82) is 0 Å². The van der Waals surface area contributed by atoms with E-state index in [2.05, 4.69) is 10.0 Å². The molecule has 1 amide bonds. The lowest BCUT2D eigenvalue weighted by molar-refractivity contribution is 0.0951. The smallest absolute Gasteiger partial charge is 0.261 e. The van der Waals surface area contributed by atoms with Gasteiger partial charge in [0.15, 0.2) is 0 Å². The molecule has 0 spiro atoms. The minimum absolute atomic E-state index is 0.177. The van der Waals surface area contributed by atoms with Gasteiger partial charge in [-0.25, -0.2) is 8.42 Å². The Bertz CT molecular complexity index is 1030. The zero-order chi connectivity index (χ0) is 20.0. The molecule has 0 heterocycles. The van der Waals surface area contributed by atoms with Gasteiger partial charge in [-0.15, -0.1) is 0 Å². The summed E-state index contributed by atoms with van der Waals surface area (Å²) in [7, 11) is -2.06. The molecule has 0 aliphatic carbocycles. The summed E-state index contributed by atoms with van der Waals surface area (Å²) in [5, 5.41) is 2.83. The Morgan fingerprint density at radius 2 is 1.54 bits per heavy atom. The normalized spacial score (nSPS) is 10.9. The largest absolute Gasteiger partial charge is 0.497 e. The third kappa shape index (κ3) is 4.89. The molecule has 6 nitrogen and oxygen atoms in total. The lowest BCUT2D eigenvalue weighted by atomic mass is 10.2. The number of carbonyl (C=O) groups is 1. The number of benzene rings is 3. The van der Waals surface area contributed by atoms with E-state index in [1.54, 1.807) is 49.6 Å². The summed E-state index contributed by atoms with van der Waals surface area (Å²) in [6.45, 7) is 0.380. The maximum Gasteiger partial charge on any atom is 0.261 e. The van der Waals surface area contributed by atoms with E-state index in [4.69, 9.17) is 4.74 Å². The van der Waals surface area contributed by atoms with Crippen molar-refractivity contribution in [3.05, 3.63) is 90.0 Å². The molecule has 7 heteroatoms. The fraction of sp³-hybridized carbons (Fsp3) is 0.0952. The van der Waals surface area contributed by atoms with Gasteiger partial charge in [0, 0.05) is 17.8 Å². The molecule has 0 atom stereocenters. The minimum Gasteiger partial charge on any atom is -0.497 e. The van der Waals surface area contributed by atoms with Gasteiger partial charge in [0.25, 0.3) is 15.9 Å². The molecule has 0 saturated heterocycles. The van der Waals surface area contributed by atoms with Gasteiger partial charge in [-0.2, -0.15) is 0 Å². The summed E-state index contributed by atoms with van der Waals surface area (Å²) in [6.07, 6.45) is 0. The van der Waals surface area contributed by atoms with Crippen LogP contribution in [0.3, 0.4) is 0 Å². The van der Waals surface area contributed by atoms with Crippen LogP contribution >= 0.6 is 0 Å². The van der Waals surface area contributed by atoms with Crippen molar-refractivity contribution in [2.75, 3.05) is 11.8 Å². The van der Waals surface area contributed by atoms with E-state index >= 15 is 0 Å². The van der Waals surface area contributed by atoms with Crippen LogP contribution in [0.4, 0.5) is 5.69 Å². The zero-order valence-electron chi connectivity index (χ0n) is 15.3. The summed E-state index contributed by atoms with van der Waals surface area (Å²) >= 11 is 0. The van der Waals surface area contributed by atoms with Crippen LogP contribution in [0.5, 0.6) is 5.75 Å². The van der Waals surface area contributed by atoms with Gasteiger partial charge in [0.1, 0.15) is 5.75 Å². The summed E-state index contributed by atoms with van der Waals surface area (Å²) in [6, 6.07) is 21.8. The highest BCUT2D eigenvalue weighted by Gasteiger charge is 2.13. The quantitative estimate of drug-likeness (QED) is 0.641. The SMILES string of the molecule is COc1ccc(CNC(=O)c2ccc(NS(=O)(=O)c3ccccc3)cc2)cc1. The Labute approximate surface area is 164 Å². The Kier molecular flexibility index (Phi) is 5.96. The van der Waals surface area contributed by atoms with Gasteiger partial charge >= 0.3 is 0 Å². The average molecular weight is 396 g/mol. The molecule has 3 aromatic carbocycles. The number of hydrogen-bond donors (Lipinski definition) is 2. The second-order valence-electron chi connectivity index (χ2n) is 6.03. The summed E-state index contributed by atoms with van der Waals surface area (Å²) < 4.78 is 32.3. The van der Waals surface area contributed by atoms with Crippen molar-refractivity contribution in [1.82, 2.24) is 5.32 Å². The van der Waals surface area contributed by atoms with Crippen LogP contribution in [0.25, 0.3) is 0 Å². The van der Waals surface area contributed by atoms with Crippen molar-refractivity contribution >= 4 is 21.6 Å². The minimum atomic E-state index is -3.66. The predicted octanol–water partition coefficient (Wildman–Crippen LogP) is 3.43. The molecule has 0 aromatic heterocycles. The van der Waals surface area contributed by atoms with Gasteiger partial charge in [0.2, 0.25) is 0 Å². The lowest BCUT2D eigenvalue weighted by Crippen LogP contribution is -2.22. The van der Waals surface area contributed by atoms with Crippen LogP contribution in [0.2, 0.25) is 0 Å². The first-order chi connectivity index (χ1) is 13.5. The molecule has 0 radical (unpaired) electrons. The van der Waals surface area contributed by atoms with Gasteiger partial charge in [-0.3, -0.25) is 9.52 Å².